The Morgan fingerprint density at radius 2 is 1.96 bits per heavy atom. The fourth-order valence-electron chi connectivity index (χ4n) is 2.49. The molecule has 0 heterocycles. The number of nitrogens with one attached hydrogen (secondary N) is 1. The molecule has 2 rings (SSSR count). The molecule has 0 bridgehead atoms. The molecule has 146 valence electrons. The molecule has 0 atom stereocenters. The van der Waals surface area contributed by atoms with Crippen molar-refractivity contribution in [1.29, 1.82) is 5.26 Å². The van der Waals surface area contributed by atoms with Crippen LogP contribution in [0.5, 0.6) is 11.5 Å². The van der Waals surface area contributed by atoms with Crippen LogP contribution in [0.4, 0.5) is 5.69 Å². The monoisotopic (exact) mass is 378 g/mol. The molecule has 1 amide bonds. The third-order valence-corrected chi connectivity index (χ3v) is 3.79. The summed E-state index contributed by atoms with van der Waals surface area (Å²) in [5.74, 6) is 1.18. The number of carbonyl (C=O) groups excluding carboxylic acids is 1. The van der Waals surface area contributed by atoms with Crippen LogP contribution in [-0.2, 0) is 4.79 Å². The Balaban J connectivity index is 2.23. The van der Waals surface area contributed by atoms with Crippen LogP contribution < -0.4 is 14.8 Å². The highest BCUT2D eigenvalue weighted by molar-refractivity contribution is 6.09. The highest BCUT2D eigenvalue weighted by Crippen LogP contribution is 2.30. The van der Waals surface area contributed by atoms with Gasteiger partial charge in [-0.25, -0.2) is 0 Å². The molecule has 1 N–H and O–H groups in total. The number of rotatable bonds is 8. The number of nitrogens with zero attached hydrogens (tertiary/aromatic N) is 1. The van der Waals surface area contributed by atoms with E-state index in [0.717, 1.165) is 5.56 Å². The number of carbonyl (C=O) groups is 1. The first kappa shape index (κ1) is 21.0. The van der Waals surface area contributed by atoms with Crippen LogP contribution in [0.2, 0.25) is 0 Å². The predicted octanol–water partition coefficient (Wildman–Crippen LogP) is 4.97. The van der Waals surface area contributed by atoms with E-state index >= 15 is 0 Å². The summed E-state index contributed by atoms with van der Waals surface area (Å²) < 4.78 is 11.4. The van der Waals surface area contributed by atoms with E-state index in [2.05, 4.69) is 19.2 Å². The van der Waals surface area contributed by atoms with Crippen LogP contribution in [0.3, 0.4) is 0 Å². The molecule has 0 aliphatic carbocycles. The lowest BCUT2D eigenvalue weighted by Crippen LogP contribution is -2.13. The lowest BCUT2D eigenvalue weighted by atomic mass is 10.1. The largest absolute Gasteiger partial charge is 0.490 e. The van der Waals surface area contributed by atoms with Gasteiger partial charge in [0.2, 0.25) is 0 Å². The highest BCUT2D eigenvalue weighted by atomic mass is 16.5. The van der Waals surface area contributed by atoms with E-state index in [1.165, 1.54) is 0 Å². The molecule has 0 aliphatic heterocycles. The van der Waals surface area contributed by atoms with Crippen molar-refractivity contribution in [3.63, 3.8) is 0 Å². The van der Waals surface area contributed by atoms with Crippen molar-refractivity contribution in [3.8, 4) is 17.6 Å². The van der Waals surface area contributed by atoms with E-state index in [9.17, 15) is 10.1 Å². The predicted molar refractivity (Wildman–Crippen MR) is 111 cm³/mol. The molecule has 0 spiro atoms. The lowest BCUT2D eigenvalue weighted by Gasteiger charge is -2.14. The van der Waals surface area contributed by atoms with Gasteiger partial charge in [0, 0.05) is 5.69 Å². The van der Waals surface area contributed by atoms with Gasteiger partial charge in [-0.2, -0.15) is 5.26 Å². The second kappa shape index (κ2) is 10.2. The number of hydrogen-bond donors (Lipinski definition) is 1. The Bertz CT molecular complexity index is 895. The minimum absolute atomic E-state index is 0.0137. The Hall–Kier alpha value is -3.26. The molecule has 0 unspecified atom stereocenters. The second-order valence-electron chi connectivity index (χ2n) is 6.84. The van der Waals surface area contributed by atoms with Crippen LogP contribution in [0.1, 0.15) is 31.9 Å². The van der Waals surface area contributed by atoms with Crippen LogP contribution in [0, 0.1) is 24.2 Å². The summed E-state index contributed by atoms with van der Waals surface area (Å²) in [4.78, 5) is 12.5. The standard InChI is InChI=1S/C23H26N2O3/c1-5-27-22-13-18(9-10-21(22)28-15-16(2)3)12-19(14-24)23(26)25-20-8-6-7-17(4)11-20/h6-13,16H,5,15H2,1-4H3,(H,25,26)/b19-12+. The van der Waals surface area contributed by atoms with Gasteiger partial charge in [0.25, 0.3) is 5.91 Å². The van der Waals surface area contributed by atoms with E-state index in [-0.39, 0.29) is 5.57 Å². The van der Waals surface area contributed by atoms with E-state index in [4.69, 9.17) is 9.47 Å². The van der Waals surface area contributed by atoms with Gasteiger partial charge >= 0.3 is 0 Å². The zero-order valence-corrected chi connectivity index (χ0v) is 16.8. The van der Waals surface area contributed by atoms with Gasteiger partial charge in [-0.1, -0.05) is 32.0 Å². The number of hydrogen-bond acceptors (Lipinski definition) is 4. The van der Waals surface area contributed by atoms with Gasteiger partial charge in [0.15, 0.2) is 11.5 Å². The van der Waals surface area contributed by atoms with Crippen molar-refractivity contribution in [1.82, 2.24) is 0 Å². The van der Waals surface area contributed by atoms with Crippen LogP contribution >= 0.6 is 0 Å². The van der Waals surface area contributed by atoms with Gasteiger partial charge in [-0.3, -0.25) is 4.79 Å². The normalized spacial score (nSPS) is 11.1. The molecule has 0 saturated carbocycles. The van der Waals surface area contributed by atoms with E-state index in [1.807, 2.05) is 38.1 Å². The van der Waals surface area contributed by atoms with Gasteiger partial charge in [0.1, 0.15) is 11.6 Å². The van der Waals surface area contributed by atoms with Crippen molar-refractivity contribution in [3.05, 3.63) is 59.2 Å². The molecule has 5 nitrogen and oxygen atoms in total. The van der Waals surface area contributed by atoms with Crippen molar-refractivity contribution in [2.75, 3.05) is 18.5 Å². The summed E-state index contributed by atoms with van der Waals surface area (Å²) in [6.45, 7) is 9.05. The average Bonchev–Trinajstić information content (AvgIpc) is 2.65. The fourth-order valence-corrected chi connectivity index (χ4v) is 2.49. The molecule has 28 heavy (non-hydrogen) atoms. The number of anilines is 1. The first-order chi connectivity index (χ1) is 13.4. The summed E-state index contributed by atoms with van der Waals surface area (Å²) >= 11 is 0. The smallest absolute Gasteiger partial charge is 0.266 e. The van der Waals surface area contributed by atoms with E-state index in [1.54, 1.807) is 30.3 Å². The number of nitriles is 1. The average molecular weight is 378 g/mol. The molecule has 2 aromatic carbocycles. The zero-order valence-electron chi connectivity index (χ0n) is 16.8. The van der Waals surface area contributed by atoms with Crippen LogP contribution in [-0.4, -0.2) is 19.1 Å². The van der Waals surface area contributed by atoms with Crippen molar-refractivity contribution in [2.24, 2.45) is 5.92 Å². The maximum absolute atomic E-state index is 12.5. The summed E-state index contributed by atoms with van der Waals surface area (Å²) in [7, 11) is 0. The SMILES string of the molecule is CCOc1cc(/C=C(\C#N)C(=O)Nc2cccc(C)c2)ccc1OCC(C)C. The Morgan fingerprint density at radius 3 is 2.61 bits per heavy atom. The maximum atomic E-state index is 12.5. The molecule has 0 radical (unpaired) electrons. The summed E-state index contributed by atoms with van der Waals surface area (Å²) in [6, 6.07) is 14.8. The Morgan fingerprint density at radius 1 is 1.18 bits per heavy atom. The number of aryl methyl sites for hydroxylation is 1. The Labute approximate surface area is 166 Å². The second-order valence-corrected chi connectivity index (χ2v) is 6.84. The summed E-state index contributed by atoms with van der Waals surface area (Å²) in [6.07, 6.45) is 1.54. The first-order valence-electron chi connectivity index (χ1n) is 9.32. The number of benzene rings is 2. The lowest BCUT2D eigenvalue weighted by molar-refractivity contribution is -0.112. The molecule has 0 fully saturated rings. The third kappa shape index (κ3) is 6.17. The first-order valence-corrected chi connectivity index (χ1v) is 9.32. The maximum Gasteiger partial charge on any atom is 0.266 e. The molecule has 0 saturated heterocycles. The van der Waals surface area contributed by atoms with Gasteiger partial charge in [-0.15, -0.1) is 0 Å². The minimum Gasteiger partial charge on any atom is -0.490 e. The zero-order chi connectivity index (χ0) is 20.5. The van der Waals surface area contributed by atoms with Crippen molar-refractivity contribution >= 4 is 17.7 Å². The van der Waals surface area contributed by atoms with E-state index in [0.29, 0.717) is 41.9 Å². The van der Waals surface area contributed by atoms with Gasteiger partial charge < -0.3 is 14.8 Å². The van der Waals surface area contributed by atoms with Crippen LogP contribution in [0.15, 0.2) is 48.0 Å². The minimum atomic E-state index is -0.453. The van der Waals surface area contributed by atoms with Gasteiger partial charge in [-0.05, 0) is 61.2 Å². The highest BCUT2D eigenvalue weighted by Gasteiger charge is 2.12. The molecule has 5 heteroatoms. The molecule has 0 aromatic heterocycles. The molecular weight excluding hydrogens is 352 g/mol. The number of amides is 1. The van der Waals surface area contributed by atoms with Gasteiger partial charge in [0.05, 0.1) is 13.2 Å². The molecule has 0 aliphatic rings. The summed E-state index contributed by atoms with van der Waals surface area (Å²) in [5, 5.41) is 12.2. The number of ether oxygens (including phenoxy) is 2. The molecular formula is C23H26N2O3. The third-order valence-electron chi connectivity index (χ3n) is 3.79. The topological polar surface area (TPSA) is 71.3 Å². The van der Waals surface area contributed by atoms with Crippen LogP contribution in [0.25, 0.3) is 6.08 Å². The van der Waals surface area contributed by atoms with Crippen molar-refractivity contribution < 1.29 is 14.3 Å². The Kier molecular flexibility index (Phi) is 7.65. The quantitative estimate of drug-likeness (QED) is 0.520. The summed E-state index contributed by atoms with van der Waals surface area (Å²) in [5.41, 5.74) is 2.38. The fraction of sp³-hybridized carbons (Fsp3) is 0.304. The van der Waals surface area contributed by atoms with E-state index < -0.39 is 5.91 Å². The van der Waals surface area contributed by atoms with Crippen molar-refractivity contribution in [2.45, 2.75) is 27.7 Å². The molecule has 2 aromatic rings.